The lowest BCUT2D eigenvalue weighted by molar-refractivity contribution is 1.27. The Kier molecular flexibility index (Phi) is 11.3. The largest absolute Gasteiger partial charge is 0.309 e. The van der Waals surface area contributed by atoms with Crippen LogP contribution in [-0.2, 0) is 0 Å². The van der Waals surface area contributed by atoms with Gasteiger partial charge in [-0.15, -0.1) is 0 Å². The first-order valence-electron chi connectivity index (χ1n) is 21.8. The van der Waals surface area contributed by atoms with Gasteiger partial charge in [-0.25, -0.2) is 0 Å². The van der Waals surface area contributed by atoms with E-state index in [4.69, 9.17) is 0 Å². The second-order valence-corrected chi connectivity index (χ2v) is 18.9. The highest BCUT2D eigenvalue weighted by Gasteiger charge is 2.27. The van der Waals surface area contributed by atoms with Crippen LogP contribution in [0.5, 0.6) is 0 Å². The van der Waals surface area contributed by atoms with Crippen molar-refractivity contribution in [3.63, 3.8) is 0 Å². The van der Waals surface area contributed by atoms with Crippen LogP contribution in [0, 0.1) is 6.92 Å². The van der Waals surface area contributed by atoms with E-state index in [9.17, 15) is 0 Å². The van der Waals surface area contributed by atoms with Gasteiger partial charge in [-0.2, -0.15) is 0 Å². The third-order valence-electron chi connectivity index (χ3n) is 12.2. The summed E-state index contributed by atoms with van der Waals surface area (Å²) in [7, 11) is -1.92. The van der Waals surface area contributed by atoms with E-state index in [-0.39, 0.29) is 0 Å². The van der Waals surface area contributed by atoms with E-state index < -0.39 is 8.80 Å². The average molecular weight is 822 g/mol. The van der Waals surface area contributed by atoms with Crippen LogP contribution in [0.2, 0.25) is 0 Å². The fraction of sp³-hybridized carbons (Fsp3) is 0.0164. The van der Waals surface area contributed by atoms with Crippen LogP contribution in [0.1, 0.15) is 5.56 Å². The molecule has 300 valence electrons. The summed E-state index contributed by atoms with van der Waals surface area (Å²) >= 11 is 0. The molecule has 63 heavy (non-hydrogen) atoms. The van der Waals surface area contributed by atoms with Gasteiger partial charge >= 0.3 is 0 Å². The summed E-state index contributed by atoms with van der Waals surface area (Å²) in [5.74, 6) is 0. The molecule has 0 aromatic heterocycles. The third kappa shape index (κ3) is 8.21. The van der Waals surface area contributed by atoms with Crippen LogP contribution in [0.4, 0.5) is 17.1 Å². The summed E-state index contributed by atoms with van der Waals surface area (Å²) in [4.78, 5) is 2.50. The van der Waals surface area contributed by atoms with E-state index in [2.05, 4.69) is 273 Å². The molecule has 0 heterocycles. The molecule has 10 aromatic rings. The van der Waals surface area contributed by atoms with Crippen LogP contribution >= 0.6 is 0 Å². The Labute approximate surface area is 373 Å². The van der Waals surface area contributed by atoms with Crippen LogP contribution < -0.4 is 20.5 Å². The van der Waals surface area contributed by atoms with Crippen molar-refractivity contribution < 1.29 is 0 Å². The van der Waals surface area contributed by atoms with E-state index in [0.29, 0.717) is 0 Å². The molecule has 0 amide bonds. The Morgan fingerprint density at radius 1 is 0.302 bits per heavy atom. The normalized spacial score (nSPS) is 11.1. The van der Waals surface area contributed by atoms with E-state index >= 15 is 0 Å². The summed E-state index contributed by atoms with van der Waals surface area (Å²) in [6.07, 6.45) is 0. The quantitative estimate of drug-likeness (QED) is 0.0928. The standard InChI is InChI=1S/C61H47NSi/c1-45-20-19-32-59(61(45)56-31-17-18-33-60(56)63(54-27-13-5-14-28-54)55-29-15-6-16-30-55)62(53-41-38-50(39-42-53)49-36-34-48(35-37-49)46-21-7-2-8-22-46)58-43-40-52(47-23-9-3-10-24-47)44-57(58)51-25-11-4-12-26-51/h2-44,63H,1H3. The Morgan fingerprint density at radius 3 is 1.29 bits per heavy atom. The topological polar surface area (TPSA) is 3.24 Å². The first-order chi connectivity index (χ1) is 31.2. The summed E-state index contributed by atoms with van der Waals surface area (Å²) in [6, 6.07) is 95.5. The number of aryl methyl sites for hydroxylation is 1. The zero-order valence-corrected chi connectivity index (χ0v) is 36.5. The minimum Gasteiger partial charge on any atom is -0.309 e. The van der Waals surface area contributed by atoms with Crippen molar-refractivity contribution in [2.45, 2.75) is 6.92 Å². The molecule has 10 aromatic carbocycles. The number of hydrogen-bond acceptors (Lipinski definition) is 1. The molecule has 0 aliphatic rings. The van der Waals surface area contributed by atoms with Gasteiger partial charge in [-0.05, 0) is 92.5 Å². The summed E-state index contributed by atoms with van der Waals surface area (Å²) < 4.78 is 0. The Balaban J connectivity index is 1.18. The Hall–Kier alpha value is -7.78. The highest BCUT2D eigenvalue weighted by atomic mass is 28.3. The minimum atomic E-state index is -1.92. The second-order valence-electron chi connectivity index (χ2n) is 16.1. The van der Waals surface area contributed by atoms with Crippen molar-refractivity contribution in [1.29, 1.82) is 0 Å². The van der Waals surface area contributed by atoms with Gasteiger partial charge in [0, 0.05) is 16.8 Å². The van der Waals surface area contributed by atoms with E-state index in [1.54, 1.807) is 0 Å². The lowest BCUT2D eigenvalue weighted by Crippen LogP contribution is -2.52. The predicted octanol–water partition coefficient (Wildman–Crippen LogP) is 14.0. The fourth-order valence-electron chi connectivity index (χ4n) is 9.09. The number of benzene rings is 10. The van der Waals surface area contributed by atoms with Crippen molar-refractivity contribution in [3.05, 3.63) is 266 Å². The lowest BCUT2D eigenvalue weighted by Gasteiger charge is -2.32. The maximum atomic E-state index is 2.50. The van der Waals surface area contributed by atoms with Gasteiger partial charge in [-0.3, -0.25) is 0 Å². The smallest absolute Gasteiger partial charge is 0.133 e. The van der Waals surface area contributed by atoms with Crippen LogP contribution in [0.3, 0.4) is 0 Å². The molecule has 10 rings (SSSR count). The zero-order valence-electron chi connectivity index (χ0n) is 35.4. The molecule has 0 saturated carbocycles. The first-order valence-corrected chi connectivity index (χ1v) is 23.5. The Bertz CT molecular complexity index is 3040. The molecular formula is C61H47NSi. The molecule has 0 bridgehead atoms. The van der Waals surface area contributed by atoms with Crippen molar-refractivity contribution in [1.82, 2.24) is 0 Å². The molecule has 0 unspecified atom stereocenters. The zero-order chi connectivity index (χ0) is 42.4. The van der Waals surface area contributed by atoms with Gasteiger partial charge in [0.15, 0.2) is 0 Å². The molecule has 0 aliphatic carbocycles. The molecular weight excluding hydrogens is 775 g/mol. The SMILES string of the molecule is Cc1cccc(N(c2ccc(-c3ccc(-c4ccccc4)cc3)cc2)c2ccc(-c3ccccc3)cc2-c2ccccc2)c1-c1ccccc1[SiH](c1ccccc1)c1ccccc1. The van der Waals surface area contributed by atoms with E-state index in [0.717, 1.165) is 17.1 Å². The van der Waals surface area contributed by atoms with Gasteiger partial charge in [-0.1, -0.05) is 241 Å². The number of hydrogen-bond donors (Lipinski definition) is 0. The lowest BCUT2D eigenvalue weighted by atomic mass is 9.93. The molecule has 2 heteroatoms. The highest BCUT2D eigenvalue weighted by Crippen LogP contribution is 2.47. The van der Waals surface area contributed by atoms with Crippen LogP contribution in [0.25, 0.3) is 55.6 Å². The summed E-state index contributed by atoms with van der Waals surface area (Å²) in [5, 5.41) is 4.21. The molecule has 0 spiro atoms. The van der Waals surface area contributed by atoms with Crippen molar-refractivity contribution in [3.8, 4) is 55.6 Å². The van der Waals surface area contributed by atoms with Crippen molar-refractivity contribution in [2.75, 3.05) is 4.90 Å². The number of rotatable bonds is 11. The fourth-order valence-corrected chi connectivity index (χ4v) is 12.3. The van der Waals surface area contributed by atoms with Gasteiger partial charge in [0.05, 0.1) is 11.4 Å². The van der Waals surface area contributed by atoms with E-state index in [1.165, 1.54) is 76.8 Å². The van der Waals surface area contributed by atoms with Crippen LogP contribution in [0.15, 0.2) is 261 Å². The van der Waals surface area contributed by atoms with Crippen LogP contribution in [-0.4, -0.2) is 8.80 Å². The predicted molar refractivity (Wildman–Crippen MR) is 272 cm³/mol. The summed E-state index contributed by atoms with van der Waals surface area (Å²) in [5.41, 5.74) is 16.6. The molecule has 0 fully saturated rings. The third-order valence-corrected chi connectivity index (χ3v) is 15.4. The van der Waals surface area contributed by atoms with Crippen molar-refractivity contribution >= 4 is 41.4 Å². The van der Waals surface area contributed by atoms with E-state index in [1.807, 2.05) is 0 Å². The molecule has 0 aliphatic heterocycles. The van der Waals surface area contributed by atoms with Crippen molar-refractivity contribution in [2.24, 2.45) is 0 Å². The monoisotopic (exact) mass is 821 g/mol. The molecule has 1 nitrogen and oxygen atoms in total. The van der Waals surface area contributed by atoms with Gasteiger partial charge in [0.2, 0.25) is 0 Å². The maximum absolute atomic E-state index is 2.50. The molecule has 0 saturated heterocycles. The Morgan fingerprint density at radius 2 is 0.730 bits per heavy atom. The number of anilines is 3. The highest BCUT2D eigenvalue weighted by molar-refractivity contribution is 6.96. The summed E-state index contributed by atoms with van der Waals surface area (Å²) in [6.45, 7) is 2.27. The van der Waals surface area contributed by atoms with Gasteiger partial charge < -0.3 is 4.90 Å². The average Bonchev–Trinajstić information content (AvgIpc) is 3.36. The molecule has 0 atom stereocenters. The second kappa shape index (κ2) is 18.1. The maximum Gasteiger partial charge on any atom is 0.133 e. The first kappa shape index (κ1) is 39.4. The minimum absolute atomic E-state index is 1.09. The van der Waals surface area contributed by atoms with Gasteiger partial charge in [0.25, 0.3) is 0 Å². The number of nitrogens with zero attached hydrogens (tertiary/aromatic N) is 1. The molecule has 0 radical (unpaired) electrons. The van der Waals surface area contributed by atoms with Gasteiger partial charge in [0.1, 0.15) is 8.80 Å². The molecule has 0 N–H and O–H groups in total.